The Morgan fingerprint density at radius 3 is 2.50 bits per heavy atom. The Kier molecular flexibility index (Phi) is 3.60. The van der Waals surface area contributed by atoms with Gasteiger partial charge in [0.1, 0.15) is 5.82 Å². The molecule has 2 aromatic rings. The number of aromatic amines is 1. The van der Waals surface area contributed by atoms with Crippen LogP contribution < -0.4 is 5.73 Å². The zero-order valence-electron chi connectivity index (χ0n) is 11.3. The number of imidazole rings is 1. The van der Waals surface area contributed by atoms with Crippen molar-refractivity contribution in [2.45, 2.75) is 32.0 Å². The van der Waals surface area contributed by atoms with E-state index in [-0.39, 0.29) is 5.56 Å². The summed E-state index contributed by atoms with van der Waals surface area (Å²) in [6, 6.07) is 5.40. The first-order chi connectivity index (χ1) is 9.25. The van der Waals surface area contributed by atoms with Crippen molar-refractivity contribution >= 4 is 0 Å². The number of rotatable bonds is 3. The number of H-pyrrole nitrogens is 1. The van der Waals surface area contributed by atoms with Gasteiger partial charge in [0.05, 0.1) is 23.0 Å². The summed E-state index contributed by atoms with van der Waals surface area (Å²) in [6.07, 6.45) is -2.39. The molecular weight excluding hydrogens is 267 g/mol. The fourth-order valence-corrected chi connectivity index (χ4v) is 1.88. The predicted octanol–water partition coefficient (Wildman–Crippen LogP) is 3.68. The topological polar surface area (TPSA) is 54.7 Å². The number of nitrogens with two attached hydrogens (primary N) is 1. The Balaban J connectivity index is 2.49. The van der Waals surface area contributed by atoms with E-state index < -0.39 is 17.3 Å². The zero-order chi connectivity index (χ0) is 15.0. The summed E-state index contributed by atoms with van der Waals surface area (Å²) in [5, 5.41) is 0. The number of alkyl halides is 3. The molecule has 1 heterocycles. The van der Waals surface area contributed by atoms with Gasteiger partial charge in [-0.2, -0.15) is 13.2 Å². The molecule has 1 aromatic carbocycles. The Morgan fingerprint density at radius 1 is 1.25 bits per heavy atom. The molecule has 0 aliphatic carbocycles. The molecule has 1 atom stereocenters. The molecule has 0 saturated carbocycles. The molecule has 3 N–H and O–H groups in total. The molecule has 0 aliphatic rings. The van der Waals surface area contributed by atoms with Crippen molar-refractivity contribution in [3.8, 4) is 11.3 Å². The third-order valence-corrected chi connectivity index (χ3v) is 3.37. The largest absolute Gasteiger partial charge is 0.417 e. The highest BCUT2D eigenvalue weighted by Gasteiger charge is 2.34. The molecule has 1 aromatic heterocycles. The number of benzene rings is 1. The second-order valence-electron chi connectivity index (χ2n) is 4.96. The van der Waals surface area contributed by atoms with E-state index in [0.29, 0.717) is 17.9 Å². The van der Waals surface area contributed by atoms with Crippen molar-refractivity contribution in [1.29, 1.82) is 0 Å². The van der Waals surface area contributed by atoms with Crippen molar-refractivity contribution in [3.05, 3.63) is 41.9 Å². The number of nitrogens with zero attached hydrogens (tertiary/aromatic N) is 1. The lowest BCUT2D eigenvalue weighted by Crippen LogP contribution is -2.33. The van der Waals surface area contributed by atoms with Crippen LogP contribution in [-0.4, -0.2) is 9.97 Å². The highest BCUT2D eigenvalue weighted by molar-refractivity contribution is 5.64. The van der Waals surface area contributed by atoms with Crippen LogP contribution in [0.1, 0.15) is 31.7 Å². The number of aromatic nitrogens is 2. The molecule has 0 spiro atoms. The molecule has 0 bridgehead atoms. The van der Waals surface area contributed by atoms with Crippen molar-refractivity contribution < 1.29 is 13.2 Å². The second kappa shape index (κ2) is 4.94. The van der Waals surface area contributed by atoms with Gasteiger partial charge in [0.15, 0.2) is 0 Å². The first kappa shape index (κ1) is 14.6. The van der Waals surface area contributed by atoms with E-state index in [9.17, 15) is 13.2 Å². The minimum atomic E-state index is -4.40. The molecule has 20 heavy (non-hydrogen) atoms. The average molecular weight is 283 g/mol. The maximum atomic E-state index is 13.0. The van der Waals surface area contributed by atoms with Crippen molar-refractivity contribution in [3.63, 3.8) is 0 Å². The Morgan fingerprint density at radius 2 is 1.90 bits per heavy atom. The highest BCUT2D eigenvalue weighted by Crippen LogP contribution is 2.36. The van der Waals surface area contributed by atoms with Crippen LogP contribution >= 0.6 is 0 Å². The molecule has 0 radical (unpaired) electrons. The molecule has 1 unspecified atom stereocenters. The van der Waals surface area contributed by atoms with Gasteiger partial charge in [0.25, 0.3) is 0 Å². The van der Waals surface area contributed by atoms with E-state index in [1.54, 1.807) is 13.0 Å². The van der Waals surface area contributed by atoms with Crippen molar-refractivity contribution in [1.82, 2.24) is 9.97 Å². The van der Waals surface area contributed by atoms with Gasteiger partial charge in [-0.15, -0.1) is 0 Å². The van der Waals surface area contributed by atoms with Crippen LogP contribution in [0, 0.1) is 0 Å². The third-order valence-electron chi connectivity index (χ3n) is 3.37. The van der Waals surface area contributed by atoms with Gasteiger partial charge in [-0.1, -0.05) is 25.1 Å². The third kappa shape index (κ3) is 2.70. The van der Waals surface area contributed by atoms with E-state index >= 15 is 0 Å². The highest BCUT2D eigenvalue weighted by atomic mass is 19.4. The van der Waals surface area contributed by atoms with Gasteiger partial charge >= 0.3 is 6.18 Å². The minimum absolute atomic E-state index is 0.0747. The van der Waals surface area contributed by atoms with Crippen LogP contribution in [-0.2, 0) is 11.7 Å². The molecule has 0 aliphatic heterocycles. The quantitative estimate of drug-likeness (QED) is 0.902. The summed E-state index contributed by atoms with van der Waals surface area (Å²) >= 11 is 0. The molecular formula is C14H16F3N3. The lowest BCUT2D eigenvalue weighted by atomic mass is 10.00. The summed E-state index contributed by atoms with van der Waals surface area (Å²) in [5.41, 5.74) is 5.05. The minimum Gasteiger partial charge on any atom is -0.340 e. The first-order valence-corrected chi connectivity index (χ1v) is 6.26. The summed E-state index contributed by atoms with van der Waals surface area (Å²) in [7, 11) is 0. The SMILES string of the molecule is CCC(C)(N)c1ncc(-c2ccccc2C(F)(F)F)[nH]1. The summed E-state index contributed by atoms with van der Waals surface area (Å²) < 4.78 is 38.9. The molecule has 0 fully saturated rings. The van der Waals surface area contributed by atoms with E-state index in [2.05, 4.69) is 9.97 Å². The second-order valence-corrected chi connectivity index (χ2v) is 4.96. The van der Waals surface area contributed by atoms with E-state index in [4.69, 9.17) is 5.73 Å². The molecule has 0 amide bonds. The van der Waals surface area contributed by atoms with Crippen molar-refractivity contribution in [2.24, 2.45) is 5.73 Å². The van der Waals surface area contributed by atoms with Crippen LogP contribution in [0.25, 0.3) is 11.3 Å². The lowest BCUT2D eigenvalue weighted by Gasteiger charge is -2.19. The number of halogens is 3. The molecule has 6 heteroatoms. The summed E-state index contributed by atoms with van der Waals surface area (Å²) in [5.74, 6) is 0.479. The Labute approximate surface area is 115 Å². The summed E-state index contributed by atoms with van der Waals surface area (Å²) in [4.78, 5) is 7.01. The predicted molar refractivity (Wildman–Crippen MR) is 70.9 cm³/mol. The van der Waals surface area contributed by atoms with Gasteiger partial charge < -0.3 is 10.7 Å². The van der Waals surface area contributed by atoms with Crippen LogP contribution in [0.3, 0.4) is 0 Å². The van der Waals surface area contributed by atoms with Crippen LogP contribution in [0.15, 0.2) is 30.5 Å². The zero-order valence-corrected chi connectivity index (χ0v) is 11.3. The molecule has 3 nitrogen and oxygen atoms in total. The molecule has 2 rings (SSSR count). The standard InChI is InChI=1S/C14H16F3N3/c1-3-13(2,18)12-19-8-11(20-12)9-6-4-5-7-10(9)14(15,16)17/h4-8H,3,18H2,1-2H3,(H,19,20). The Bertz CT molecular complexity index is 600. The van der Waals surface area contributed by atoms with Gasteiger partial charge in [-0.3, -0.25) is 0 Å². The van der Waals surface area contributed by atoms with E-state index in [1.807, 2.05) is 6.92 Å². The monoisotopic (exact) mass is 283 g/mol. The fraction of sp³-hybridized carbons (Fsp3) is 0.357. The van der Waals surface area contributed by atoms with Crippen molar-refractivity contribution in [2.75, 3.05) is 0 Å². The van der Waals surface area contributed by atoms with Gasteiger partial charge in [-0.25, -0.2) is 4.98 Å². The normalized spacial score (nSPS) is 15.1. The fourth-order valence-electron chi connectivity index (χ4n) is 1.88. The van der Waals surface area contributed by atoms with Gasteiger partial charge in [0.2, 0.25) is 0 Å². The Hall–Kier alpha value is -1.82. The molecule has 108 valence electrons. The number of nitrogens with one attached hydrogen (secondary N) is 1. The number of hydrogen-bond acceptors (Lipinski definition) is 2. The lowest BCUT2D eigenvalue weighted by molar-refractivity contribution is -0.137. The van der Waals surface area contributed by atoms with Crippen LogP contribution in [0.5, 0.6) is 0 Å². The van der Waals surface area contributed by atoms with Crippen LogP contribution in [0.4, 0.5) is 13.2 Å². The average Bonchev–Trinajstić information content (AvgIpc) is 2.88. The molecule has 0 saturated heterocycles. The smallest absolute Gasteiger partial charge is 0.340 e. The van der Waals surface area contributed by atoms with E-state index in [1.165, 1.54) is 18.3 Å². The van der Waals surface area contributed by atoms with Gasteiger partial charge in [0, 0.05) is 5.56 Å². The van der Waals surface area contributed by atoms with E-state index in [0.717, 1.165) is 6.07 Å². The summed E-state index contributed by atoms with van der Waals surface area (Å²) in [6.45, 7) is 3.68. The maximum absolute atomic E-state index is 13.0. The first-order valence-electron chi connectivity index (χ1n) is 6.26. The van der Waals surface area contributed by atoms with Crippen LogP contribution in [0.2, 0.25) is 0 Å². The maximum Gasteiger partial charge on any atom is 0.417 e. The number of hydrogen-bond donors (Lipinski definition) is 2. The van der Waals surface area contributed by atoms with Gasteiger partial charge in [-0.05, 0) is 19.4 Å².